The summed E-state index contributed by atoms with van der Waals surface area (Å²) in [5.41, 5.74) is 0. The van der Waals surface area contributed by atoms with E-state index in [-0.39, 0.29) is 6.04 Å². The molecule has 0 aromatic heterocycles. The van der Waals surface area contributed by atoms with E-state index in [1.54, 1.807) is 0 Å². The lowest BCUT2D eigenvalue weighted by Crippen LogP contribution is -2.43. The third-order valence-electron chi connectivity index (χ3n) is 2.43. The van der Waals surface area contributed by atoms with E-state index in [4.69, 9.17) is 0 Å². The van der Waals surface area contributed by atoms with Gasteiger partial charge in [0, 0.05) is 12.6 Å². The Morgan fingerprint density at radius 2 is 1.86 bits per heavy atom. The van der Waals surface area contributed by atoms with Crippen molar-refractivity contribution in [2.24, 2.45) is 0 Å². The van der Waals surface area contributed by atoms with Gasteiger partial charge in [0.25, 0.3) is 0 Å². The molecular formula is C10H18N2O2. The SMILES string of the molecule is CCCNC(=O)C(=O)NC1CCCC1. The molecule has 0 saturated heterocycles. The molecule has 0 spiro atoms. The van der Waals surface area contributed by atoms with Gasteiger partial charge in [0.15, 0.2) is 0 Å². The summed E-state index contributed by atoms with van der Waals surface area (Å²) >= 11 is 0. The quantitative estimate of drug-likeness (QED) is 0.651. The van der Waals surface area contributed by atoms with Crippen LogP contribution in [0.25, 0.3) is 0 Å². The maximum Gasteiger partial charge on any atom is 0.309 e. The Morgan fingerprint density at radius 1 is 1.21 bits per heavy atom. The van der Waals surface area contributed by atoms with E-state index >= 15 is 0 Å². The van der Waals surface area contributed by atoms with E-state index in [1.165, 1.54) is 0 Å². The molecule has 2 amide bonds. The monoisotopic (exact) mass is 198 g/mol. The number of hydrogen-bond donors (Lipinski definition) is 2. The maximum atomic E-state index is 11.3. The standard InChI is InChI=1S/C10H18N2O2/c1-2-7-11-9(13)10(14)12-8-5-3-4-6-8/h8H,2-7H2,1H3,(H,11,13)(H,12,14). The van der Waals surface area contributed by atoms with Crippen molar-refractivity contribution < 1.29 is 9.59 Å². The number of amides is 2. The van der Waals surface area contributed by atoms with Gasteiger partial charge < -0.3 is 10.6 Å². The van der Waals surface area contributed by atoms with Gasteiger partial charge in [0.05, 0.1) is 0 Å². The van der Waals surface area contributed by atoms with Crippen LogP contribution >= 0.6 is 0 Å². The fourth-order valence-corrected chi connectivity index (χ4v) is 1.64. The predicted octanol–water partition coefficient (Wildman–Crippen LogP) is 0.571. The molecule has 1 aliphatic rings. The van der Waals surface area contributed by atoms with Gasteiger partial charge in [-0.15, -0.1) is 0 Å². The minimum absolute atomic E-state index is 0.217. The molecule has 0 aromatic carbocycles. The van der Waals surface area contributed by atoms with Crippen molar-refractivity contribution in [3.05, 3.63) is 0 Å². The molecule has 1 aliphatic carbocycles. The molecule has 0 atom stereocenters. The average molecular weight is 198 g/mol. The number of carbonyl (C=O) groups is 2. The van der Waals surface area contributed by atoms with E-state index < -0.39 is 11.8 Å². The normalized spacial score (nSPS) is 16.6. The van der Waals surface area contributed by atoms with Crippen LogP contribution in [0.5, 0.6) is 0 Å². The summed E-state index contributed by atoms with van der Waals surface area (Å²) in [5, 5.41) is 5.29. The van der Waals surface area contributed by atoms with Crippen molar-refractivity contribution in [1.29, 1.82) is 0 Å². The molecule has 0 heterocycles. The highest BCUT2D eigenvalue weighted by Crippen LogP contribution is 2.17. The van der Waals surface area contributed by atoms with Gasteiger partial charge in [0.1, 0.15) is 0 Å². The lowest BCUT2D eigenvalue weighted by Gasteiger charge is -2.11. The highest BCUT2D eigenvalue weighted by molar-refractivity contribution is 6.35. The van der Waals surface area contributed by atoms with Gasteiger partial charge in [-0.05, 0) is 19.3 Å². The van der Waals surface area contributed by atoms with Crippen LogP contribution in [0.2, 0.25) is 0 Å². The molecule has 80 valence electrons. The molecular weight excluding hydrogens is 180 g/mol. The van der Waals surface area contributed by atoms with Gasteiger partial charge in [0.2, 0.25) is 0 Å². The first-order valence-corrected chi connectivity index (χ1v) is 5.32. The molecule has 0 aromatic rings. The lowest BCUT2D eigenvalue weighted by atomic mass is 10.2. The second kappa shape index (κ2) is 5.62. The van der Waals surface area contributed by atoms with Gasteiger partial charge in [-0.25, -0.2) is 0 Å². The van der Waals surface area contributed by atoms with Crippen molar-refractivity contribution in [1.82, 2.24) is 10.6 Å². The summed E-state index contributed by atoms with van der Waals surface area (Å²) < 4.78 is 0. The smallest absolute Gasteiger partial charge is 0.309 e. The Kier molecular flexibility index (Phi) is 4.43. The van der Waals surface area contributed by atoms with Crippen molar-refractivity contribution >= 4 is 11.8 Å². The fourth-order valence-electron chi connectivity index (χ4n) is 1.64. The zero-order valence-corrected chi connectivity index (χ0v) is 8.64. The molecule has 0 radical (unpaired) electrons. The zero-order chi connectivity index (χ0) is 10.4. The lowest BCUT2D eigenvalue weighted by molar-refractivity contribution is -0.139. The predicted molar refractivity (Wildman–Crippen MR) is 53.7 cm³/mol. The third-order valence-corrected chi connectivity index (χ3v) is 2.43. The highest BCUT2D eigenvalue weighted by atomic mass is 16.2. The summed E-state index contributed by atoms with van der Waals surface area (Å²) in [7, 11) is 0. The second-order valence-electron chi connectivity index (χ2n) is 3.71. The summed E-state index contributed by atoms with van der Waals surface area (Å²) in [4.78, 5) is 22.4. The molecule has 0 unspecified atom stereocenters. The second-order valence-corrected chi connectivity index (χ2v) is 3.71. The van der Waals surface area contributed by atoms with Crippen LogP contribution in [0, 0.1) is 0 Å². The highest BCUT2D eigenvalue weighted by Gasteiger charge is 2.20. The Balaban J connectivity index is 2.22. The van der Waals surface area contributed by atoms with E-state index in [1.807, 2.05) is 6.92 Å². The van der Waals surface area contributed by atoms with E-state index in [0.29, 0.717) is 6.54 Å². The zero-order valence-electron chi connectivity index (χ0n) is 8.64. The number of carbonyl (C=O) groups excluding carboxylic acids is 2. The Bertz CT molecular complexity index is 210. The number of rotatable bonds is 3. The average Bonchev–Trinajstić information content (AvgIpc) is 2.66. The first-order chi connectivity index (χ1) is 6.74. The van der Waals surface area contributed by atoms with Crippen molar-refractivity contribution in [3.63, 3.8) is 0 Å². The minimum Gasteiger partial charge on any atom is -0.348 e. The van der Waals surface area contributed by atoms with Crippen molar-refractivity contribution in [2.75, 3.05) is 6.54 Å². The minimum atomic E-state index is -0.501. The number of nitrogens with one attached hydrogen (secondary N) is 2. The first kappa shape index (κ1) is 11.0. The van der Waals surface area contributed by atoms with Crippen molar-refractivity contribution in [3.8, 4) is 0 Å². The molecule has 1 rings (SSSR count). The molecule has 2 N–H and O–H groups in total. The Labute approximate surface area is 84.4 Å². The molecule has 0 bridgehead atoms. The Hall–Kier alpha value is -1.06. The van der Waals surface area contributed by atoms with Gasteiger partial charge in [-0.2, -0.15) is 0 Å². The van der Waals surface area contributed by atoms with Gasteiger partial charge in [-0.3, -0.25) is 9.59 Å². The molecule has 4 heteroatoms. The van der Waals surface area contributed by atoms with Crippen LogP contribution in [0.15, 0.2) is 0 Å². The number of hydrogen-bond acceptors (Lipinski definition) is 2. The van der Waals surface area contributed by atoms with Gasteiger partial charge >= 0.3 is 11.8 Å². The summed E-state index contributed by atoms with van der Waals surface area (Å²) in [6.07, 6.45) is 5.17. The van der Waals surface area contributed by atoms with Crippen LogP contribution in [0.4, 0.5) is 0 Å². The summed E-state index contributed by atoms with van der Waals surface area (Å²) in [5.74, 6) is -0.982. The summed E-state index contributed by atoms with van der Waals surface area (Å²) in [6, 6.07) is 0.217. The molecule has 4 nitrogen and oxygen atoms in total. The van der Waals surface area contributed by atoms with E-state index in [0.717, 1.165) is 32.1 Å². The molecule has 1 saturated carbocycles. The van der Waals surface area contributed by atoms with E-state index in [9.17, 15) is 9.59 Å². The van der Waals surface area contributed by atoms with Crippen LogP contribution in [-0.2, 0) is 9.59 Å². The van der Waals surface area contributed by atoms with Crippen LogP contribution in [0.1, 0.15) is 39.0 Å². The molecule has 1 fully saturated rings. The largest absolute Gasteiger partial charge is 0.348 e. The topological polar surface area (TPSA) is 58.2 Å². The summed E-state index contributed by atoms with van der Waals surface area (Å²) in [6.45, 7) is 2.52. The maximum absolute atomic E-state index is 11.3. The third kappa shape index (κ3) is 3.36. The van der Waals surface area contributed by atoms with E-state index in [2.05, 4.69) is 10.6 Å². The van der Waals surface area contributed by atoms with Crippen LogP contribution < -0.4 is 10.6 Å². The van der Waals surface area contributed by atoms with Crippen LogP contribution in [0.3, 0.4) is 0 Å². The fraction of sp³-hybridized carbons (Fsp3) is 0.800. The molecule has 0 aliphatic heterocycles. The molecule has 14 heavy (non-hydrogen) atoms. The first-order valence-electron chi connectivity index (χ1n) is 5.32. The van der Waals surface area contributed by atoms with Gasteiger partial charge in [-0.1, -0.05) is 19.8 Å². The van der Waals surface area contributed by atoms with Crippen LogP contribution in [-0.4, -0.2) is 24.4 Å². The van der Waals surface area contributed by atoms with Crippen molar-refractivity contribution in [2.45, 2.75) is 45.1 Å². The Morgan fingerprint density at radius 3 is 2.43 bits per heavy atom.